The largest absolute Gasteiger partial charge is 0.295 e. The smallest absolute Gasteiger partial charge is 0.159 e. The van der Waals surface area contributed by atoms with Gasteiger partial charge in [0.15, 0.2) is 11.6 Å². The van der Waals surface area contributed by atoms with Crippen molar-refractivity contribution in [3.8, 4) is 0 Å². The first-order chi connectivity index (χ1) is 14.1. The number of fused-ring (bicyclic) bond motifs is 5. The van der Waals surface area contributed by atoms with Crippen LogP contribution in [0.5, 0.6) is 0 Å². The number of Topliss-reactive ketones (excluding diaryl/α,β-unsaturated/α-hetero) is 1. The summed E-state index contributed by atoms with van der Waals surface area (Å²) in [5.74, 6) is 5.48. The molecule has 0 N–H and O–H groups in total. The fourth-order valence-electron chi connectivity index (χ4n) is 8.42. The third-order valence-corrected chi connectivity index (χ3v) is 10.8. The first-order valence-corrected chi connectivity index (χ1v) is 12.9. The SMILES string of the molecule is CC(C)[C@H](C)CC[C@@H](C)[C@H]1CC[C@H]2[C@@H]3CC(=O)C4=CC(=O)CC[C@]4(C)[C@H]3CC[C@]12C. The second-order valence-corrected chi connectivity index (χ2v) is 12.5. The van der Waals surface area contributed by atoms with Crippen molar-refractivity contribution in [3.63, 3.8) is 0 Å². The van der Waals surface area contributed by atoms with Crippen LogP contribution in [0.3, 0.4) is 0 Å². The summed E-state index contributed by atoms with van der Waals surface area (Å²) in [4.78, 5) is 25.2. The quantitative estimate of drug-likeness (QED) is 0.486. The Morgan fingerprint density at radius 1 is 0.967 bits per heavy atom. The molecule has 30 heavy (non-hydrogen) atoms. The minimum Gasteiger partial charge on any atom is -0.295 e. The van der Waals surface area contributed by atoms with E-state index in [1.54, 1.807) is 6.08 Å². The fraction of sp³-hybridized carbons (Fsp3) is 0.857. The molecule has 0 bridgehead atoms. The van der Waals surface area contributed by atoms with Crippen LogP contribution in [0.1, 0.15) is 99.3 Å². The second kappa shape index (κ2) is 7.89. The van der Waals surface area contributed by atoms with Gasteiger partial charge in [-0.1, -0.05) is 54.4 Å². The minimum atomic E-state index is -0.0500. The summed E-state index contributed by atoms with van der Waals surface area (Å²) in [5, 5.41) is 0. The van der Waals surface area contributed by atoms with Gasteiger partial charge in [-0.15, -0.1) is 0 Å². The van der Waals surface area contributed by atoms with Crippen molar-refractivity contribution in [2.45, 2.75) is 99.3 Å². The molecule has 8 atom stereocenters. The van der Waals surface area contributed by atoms with Crippen LogP contribution < -0.4 is 0 Å². The summed E-state index contributed by atoms with van der Waals surface area (Å²) in [6.45, 7) is 14.5. The Bertz CT molecular complexity index is 733. The predicted molar refractivity (Wildman–Crippen MR) is 123 cm³/mol. The van der Waals surface area contributed by atoms with E-state index in [-0.39, 0.29) is 11.2 Å². The van der Waals surface area contributed by atoms with Crippen molar-refractivity contribution in [1.29, 1.82) is 0 Å². The van der Waals surface area contributed by atoms with Gasteiger partial charge in [-0.3, -0.25) is 9.59 Å². The van der Waals surface area contributed by atoms with E-state index in [4.69, 9.17) is 0 Å². The van der Waals surface area contributed by atoms with E-state index < -0.39 is 0 Å². The van der Waals surface area contributed by atoms with E-state index in [9.17, 15) is 9.59 Å². The monoisotopic (exact) mass is 412 g/mol. The molecule has 4 rings (SSSR count). The lowest BCUT2D eigenvalue weighted by Gasteiger charge is -2.57. The summed E-state index contributed by atoms with van der Waals surface area (Å²) in [5.41, 5.74) is 1.24. The van der Waals surface area contributed by atoms with Crippen LogP contribution in [-0.4, -0.2) is 11.6 Å². The topological polar surface area (TPSA) is 34.1 Å². The number of carbonyl (C=O) groups excluding carboxylic acids is 2. The maximum atomic E-state index is 13.2. The first-order valence-electron chi connectivity index (χ1n) is 12.9. The van der Waals surface area contributed by atoms with E-state index in [0.29, 0.717) is 41.8 Å². The zero-order valence-electron chi connectivity index (χ0n) is 20.3. The molecule has 168 valence electrons. The van der Waals surface area contributed by atoms with E-state index in [1.165, 1.54) is 38.5 Å². The molecule has 2 heteroatoms. The Kier molecular flexibility index (Phi) is 5.86. The lowest BCUT2D eigenvalue weighted by molar-refractivity contribution is -0.131. The molecule has 3 fully saturated rings. The van der Waals surface area contributed by atoms with Crippen LogP contribution in [0.25, 0.3) is 0 Å². The number of hydrogen-bond donors (Lipinski definition) is 0. The molecule has 2 nitrogen and oxygen atoms in total. The molecule has 0 aromatic rings. The summed E-state index contributed by atoms with van der Waals surface area (Å²) in [6.07, 6.45) is 11.9. The van der Waals surface area contributed by atoms with Crippen molar-refractivity contribution >= 4 is 11.6 Å². The zero-order valence-corrected chi connectivity index (χ0v) is 20.3. The van der Waals surface area contributed by atoms with E-state index in [0.717, 1.165) is 35.7 Å². The summed E-state index contributed by atoms with van der Waals surface area (Å²) >= 11 is 0. The van der Waals surface area contributed by atoms with Gasteiger partial charge in [0.1, 0.15) is 0 Å². The number of hydrogen-bond acceptors (Lipinski definition) is 2. The molecule has 0 unspecified atom stereocenters. The fourth-order valence-corrected chi connectivity index (χ4v) is 8.42. The molecular formula is C28H44O2. The molecule has 0 heterocycles. The van der Waals surface area contributed by atoms with E-state index in [2.05, 4.69) is 41.5 Å². The molecule has 3 saturated carbocycles. The molecule has 0 aromatic carbocycles. The highest BCUT2D eigenvalue weighted by Gasteiger charge is 2.61. The summed E-state index contributed by atoms with van der Waals surface area (Å²) in [7, 11) is 0. The molecule has 0 radical (unpaired) electrons. The van der Waals surface area contributed by atoms with Gasteiger partial charge < -0.3 is 0 Å². The van der Waals surface area contributed by atoms with Crippen LogP contribution in [0.4, 0.5) is 0 Å². The van der Waals surface area contributed by atoms with Crippen molar-refractivity contribution in [2.75, 3.05) is 0 Å². The van der Waals surface area contributed by atoms with Crippen LogP contribution in [0.2, 0.25) is 0 Å². The lowest BCUT2D eigenvalue weighted by atomic mass is 9.46. The maximum absolute atomic E-state index is 13.2. The normalized spacial score (nSPS) is 43.0. The molecule has 0 spiro atoms. The van der Waals surface area contributed by atoms with Crippen molar-refractivity contribution in [1.82, 2.24) is 0 Å². The third-order valence-electron chi connectivity index (χ3n) is 10.8. The van der Waals surface area contributed by atoms with Crippen molar-refractivity contribution in [2.24, 2.45) is 52.3 Å². The Hall–Kier alpha value is -0.920. The Morgan fingerprint density at radius 3 is 2.40 bits per heavy atom. The molecule has 0 aromatic heterocycles. The highest BCUT2D eigenvalue weighted by molar-refractivity contribution is 6.05. The Labute approximate surface area is 184 Å². The molecule has 0 saturated heterocycles. The second-order valence-electron chi connectivity index (χ2n) is 12.5. The highest BCUT2D eigenvalue weighted by atomic mass is 16.1. The van der Waals surface area contributed by atoms with Crippen LogP contribution in [-0.2, 0) is 9.59 Å². The maximum Gasteiger partial charge on any atom is 0.159 e. The van der Waals surface area contributed by atoms with Gasteiger partial charge in [-0.25, -0.2) is 0 Å². The van der Waals surface area contributed by atoms with Crippen molar-refractivity contribution in [3.05, 3.63) is 11.6 Å². The van der Waals surface area contributed by atoms with Gasteiger partial charge in [-0.05, 0) is 90.4 Å². The predicted octanol–water partition coefficient (Wildman–Crippen LogP) is 7.02. The van der Waals surface area contributed by atoms with E-state index >= 15 is 0 Å². The average molecular weight is 413 g/mol. The van der Waals surface area contributed by atoms with Gasteiger partial charge >= 0.3 is 0 Å². The Balaban J connectivity index is 1.53. The molecule has 0 aliphatic heterocycles. The summed E-state index contributed by atoms with van der Waals surface area (Å²) < 4.78 is 0. The standard InChI is InChI=1S/C28H44O2/c1-17(2)18(3)7-8-19(4)22-9-10-23-21-16-26(30)25-15-20(29)11-13-28(25,6)24(21)12-14-27(22,23)5/h15,17-19,21-24H,7-14,16H2,1-6H3/t18-,19-,21+,22-,23+,24+,27-,28-/m1/s1. The van der Waals surface area contributed by atoms with Gasteiger partial charge in [0, 0.05) is 18.4 Å². The Morgan fingerprint density at radius 2 is 1.70 bits per heavy atom. The van der Waals surface area contributed by atoms with Crippen LogP contribution in [0.15, 0.2) is 11.6 Å². The zero-order chi connectivity index (χ0) is 21.8. The molecular weight excluding hydrogens is 368 g/mol. The van der Waals surface area contributed by atoms with Crippen LogP contribution in [0, 0.1) is 52.3 Å². The summed E-state index contributed by atoms with van der Waals surface area (Å²) in [6, 6.07) is 0. The van der Waals surface area contributed by atoms with Gasteiger partial charge in [0.05, 0.1) is 0 Å². The molecule has 4 aliphatic rings. The van der Waals surface area contributed by atoms with E-state index in [1.807, 2.05) is 0 Å². The van der Waals surface area contributed by atoms with Crippen molar-refractivity contribution < 1.29 is 9.59 Å². The number of carbonyl (C=O) groups is 2. The van der Waals surface area contributed by atoms with Gasteiger partial charge in [0.2, 0.25) is 0 Å². The third kappa shape index (κ3) is 3.45. The first kappa shape index (κ1) is 22.3. The number of rotatable bonds is 5. The average Bonchev–Trinajstić information content (AvgIpc) is 3.04. The highest BCUT2D eigenvalue weighted by Crippen LogP contribution is 2.67. The minimum absolute atomic E-state index is 0.0500. The molecule has 0 amide bonds. The van der Waals surface area contributed by atoms with Gasteiger partial charge in [0.25, 0.3) is 0 Å². The lowest BCUT2D eigenvalue weighted by Crippen LogP contribution is -2.53. The van der Waals surface area contributed by atoms with Crippen LogP contribution >= 0.6 is 0 Å². The molecule has 4 aliphatic carbocycles. The number of ketones is 2. The number of allylic oxidation sites excluding steroid dienone is 1. The van der Waals surface area contributed by atoms with Gasteiger partial charge in [-0.2, -0.15) is 0 Å².